The fourth-order valence-electron chi connectivity index (χ4n) is 2.33. The summed E-state index contributed by atoms with van der Waals surface area (Å²) in [5.74, 6) is -0.543. The van der Waals surface area contributed by atoms with E-state index in [2.05, 4.69) is 20.7 Å². The van der Waals surface area contributed by atoms with Crippen LogP contribution in [0.1, 0.15) is 12.5 Å². The van der Waals surface area contributed by atoms with E-state index in [-0.39, 0.29) is 11.8 Å². The van der Waals surface area contributed by atoms with Crippen LogP contribution < -0.4 is 16.0 Å². The SMILES string of the molecule is COC(=O)NC(Cc1ccccc1)C(=O)Nc1ccc(NC(C)=O)cc1. The second kappa shape index (κ2) is 9.22. The van der Waals surface area contributed by atoms with Crippen molar-refractivity contribution in [2.45, 2.75) is 19.4 Å². The van der Waals surface area contributed by atoms with Gasteiger partial charge in [-0.25, -0.2) is 4.79 Å². The topological polar surface area (TPSA) is 96.5 Å². The normalized spacial score (nSPS) is 11.2. The minimum atomic E-state index is -0.792. The first-order valence-electron chi connectivity index (χ1n) is 8.05. The molecule has 136 valence electrons. The molecule has 1 unspecified atom stereocenters. The third kappa shape index (κ3) is 5.94. The fourth-order valence-corrected chi connectivity index (χ4v) is 2.33. The molecule has 3 N–H and O–H groups in total. The van der Waals surface area contributed by atoms with Crippen LogP contribution in [0, 0.1) is 0 Å². The van der Waals surface area contributed by atoms with E-state index in [9.17, 15) is 14.4 Å². The van der Waals surface area contributed by atoms with E-state index in [1.54, 1.807) is 24.3 Å². The van der Waals surface area contributed by atoms with Crippen LogP contribution in [0.3, 0.4) is 0 Å². The van der Waals surface area contributed by atoms with Crippen molar-refractivity contribution < 1.29 is 19.1 Å². The molecule has 0 aliphatic heterocycles. The average Bonchev–Trinajstić information content (AvgIpc) is 2.63. The van der Waals surface area contributed by atoms with Gasteiger partial charge in [0, 0.05) is 24.7 Å². The van der Waals surface area contributed by atoms with Crippen LogP contribution in [-0.4, -0.2) is 31.1 Å². The maximum Gasteiger partial charge on any atom is 0.407 e. The zero-order valence-corrected chi connectivity index (χ0v) is 14.6. The molecule has 0 saturated carbocycles. The molecule has 7 heteroatoms. The summed E-state index contributed by atoms with van der Waals surface area (Å²) in [6.07, 6.45) is -0.353. The summed E-state index contributed by atoms with van der Waals surface area (Å²) in [6.45, 7) is 1.42. The lowest BCUT2D eigenvalue weighted by atomic mass is 10.1. The number of alkyl carbamates (subject to hydrolysis) is 1. The van der Waals surface area contributed by atoms with Crippen molar-refractivity contribution in [3.8, 4) is 0 Å². The van der Waals surface area contributed by atoms with Gasteiger partial charge in [0.25, 0.3) is 0 Å². The van der Waals surface area contributed by atoms with Crippen LogP contribution in [0.5, 0.6) is 0 Å². The zero-order valence-electron chi connectivity index (χ0n) is 14.6. The van der Waals surface area contributed by atoms with Crippen molar-refractivity contribution in [3.63, 3.8) is 0 Å². The number of carbonyl (C=O) groups excluding carboxylic acids is 3. The third-order valence-corrected chi connectivity index (χ3v) is 3.55. The van der Waals surface area contributed by atoms with Crippen LogP contribution in [0.4, 0.5) is 16.2 Å². The minimum absolute atomic E-state index is 0.174. The summed E-state index contributed by atoms with van der Waals surface area (Å²) in [4.78, 5) is 35.2. The van der Waals surface area contributed by atoms with Crippen molar-refractivity contribution in [2.75, 3.05) is 17.7 Å². The molecule has 0 aliphatic rings. The monoisotopic (exact) mass is 355 g/mol. The second-order valence-electron chi connectivity index (χ2n) is 5.63. The van der Waals surface area contributed by atoms with E-state index in [1.165, 1.54) is 14.0 Å². The van der Waals surface area contributed by atoms with Crippen molar-refractivity contribution in [1.29, 1.82) is 0 Å². The molecule has 3 amide bonds. The summed E-state index contributed by atoms with van der Waals surface area (Å²) in [7, 11) is 1.24. The highest BCUT2D eigenvalue weighted by molar-refractivity contribution is 5.97. The molecule has 26 heavy (non-hydrogen) atoms. The third-order valence-electron chi connectivity index (χ3n) is 3.55. The molecular weight excluding hydrogens is 334 g/mol. The highest BCUT2D eigenvalue weighted by Gasteiger charge is 2.21. The molecule has 0 heterocycles. The molecule has 0 radical (unpaired) electrons. The molecule has 0 aromatic heterocycles. The molecule has 2 rings (SSSR count). The van der Waals surface area contributed by atoms with Crippen LogP contribution in [0.2, 0.25) is 0 Å². The fraction of sp³-hybridized carbons (Fsp3) is 0.211. The Hall–Kier alpha value is -3.35. The Balaban J connectivity index is 2.07. The van der Waals surface area contributed by atoms with Crippen molar-refractivity contribution >= 4 is 29.3 Å². The number of amides is 3. The van der Waals surface area contributed by atoms with E-state index in [1.807, 2.05) is 30.3 Å². The Morgan fingerprint density at radius 2 is 1.50 bits per heavy atom. The smallest absolute Gasteiger partial charge is 0.407 e. The number of ether oxygens (including phenoxy) is 1. The van der Waals surface area contributed by atoms with Gasteiger partial charge in [0.15, 0.2) is 0 Å². The van der Waals surface area contributed by atoms with Crippen molar-refractivity contribution in [3.05, 3.63) is 60.2 Å². The Morgan fingerprint density at radius 3 is 2.04 bits per heavy atom. The molecule has 0 saturated heterocycles. The van der Waals surface area contributed by atoms with Gasteiger partial charge in [-0.05, 0) is 29.8 Å². The molecule has 2 aromatic carbocycles. The number of rotatable bonds is 6. The summed E-state index contributed by atoms with van der Waals surface area (Å²) >= 11 is 0. The lowest BCUT2D eigenvalue weighted by Crippen LogP contribution is -2.45. The quantitative estimate of drug-likeness (QED) is 0.742. The van der Waals surface area contributed by atoms with Gasteiger partial charge in [0.1, 0.15) is 6.04 Å². The molecule has 0 bridgehead atoms. The highest BCUT2D eigenvalue weighted by atomic mass is 16.5. The summed E-state index contributed by atoms with van der Waals surface area (Å²) < 4.78 is 4.60. The van der Waals surface area contributed by atoms with E-state index >= 15 is 0 Å². The van der Waals surface area contributed by atoms with Gasteiger partial charge in [0.05, 0.1) is 7.11 Å². The number of nitrogens with one attached hydrogen (secondary N) is 3. The number of anilines is 2. The number of hydrogen-bond acceptors (Lipinski definition) is 4. The standard InChI is InChI=1S/C19H21N3O4/c1-13(23)20-15-8-10-16(11-9-15)21-18(24)17(22-19(25)26-2)12-14-6-4-3-5-7-14/h3-11,17H,12H2,1-2H3,(H,20,23)(H,21,24)(H,22,25). The van der Waals surface area contributed by atoms with Crippen LogP contribution in [-0.2, 0) is 20.7 Å². The maximum atomic E-state index is 12.6. The van der Waals surface area contributed by atoms with Gasteiger partial charge in [0.2, 0.25) is 11.8 Å². The number of benzene rings is 2. The molecule has 0 aliphatic carbocycles. The van der Waals surface area contributed by atoms with Gasteiger partial charge < -0.3 is 20.7 Å². The highest BCUT2D eigenvalue weighted by Crippen LogP contribution is 2.14. The van der Waals surface area contributed by atoms with Gasteiger partial charge in [-0.2, -0.15) is 0 Å². The Morgan fingerprint density at radius 1 is 0.923 bits per heavy atom. The molecular formula is C19H21N3O4. The predicted octanol–water partition coefficient (Wildman–Crippen LogP) is 2.55. The largest absolute Gasteiger partial charge is 0.453 e. The van der Waals surface area contributed by atoms with Crippen LogP contribution >= 0.6 is 0 Å². The number of methoxy groups -OCH3 is 1. The zero-order chi connectivity index (χ0) is 18.9. The Kier molecular flexibility index (Phi) is 6.73. The molecule has 1 atom stereocenters. The first kappa shape index (κ1) is 19.0. The number of carbonyl (C=O) groups is 3. The van der Waals surface area contributed by atoms with Crippen molar-refractivity contribution in [1.82, 2.24) is 5.32 Å². The first-order chi connectivity index (χ1) is 12.5. The Bertz CT molecular complexity index is 760. The predicted molar refractivity (Wildman–Crippen MR) is 98.9 cm³/mol. The van der Waals surface area contributed by atoms with E-state index in [4.69, 9.17) is 0 Å². The van der Waals surface area contributed by atoms with Gasteiger partial charge >= 0.3 is 6.09 Å². The van der Waals surface area contributed by atoms with Gasteiger partial charge in [-0.3, -0.25) is 9.59 Å². The lowest BCUT2D eigenvalue weighted by molar-refractivity contribution is -0.118. The summed E-state index contributed by atoms with van der Waals surface area (Å²) in [6, 6.07) is 15.3. The Labute approximate surface area is 151 Å². The molecule has 0 spiro atoms. The molecule has 2 aromatic rings. The lowest BCUT2D eigenvalue weighted by Gasteiger charge is -2.18. The number of hydrogen-bond donors (Lipinski definition) is 3. The minimum Gasteiger partial charge on any atom is -0.453 e. The summed E-state index contributed by atoms with van der Waals surface area (Å²) in [5, 5.41) is 7.94. The van der Waals surface area contributed by atoms with Crippen LogP contribution in [0.15, 0.2) is 54.6 Å². The molecule has 0 fully saturated rings. The second-order valence-corrected chi connectivity index (χ2v) is 5.63. The average molecular weight is 355 g/mol. The van der Waals surface area contributed by atoms with E-state index in [0.717, 1.165) is 5.56 Å². The van der Waals surface area contributed by atoms with Gasteiger partial charge in [-0.1, -0.05) is 30.3 Å². The summed E-state index contributed by atoms with van der Waals surface area (Å²) in [5.41, 5.74) is 2.09. The first-order valence-corrected chi connectivity index (χ1v) is 8.05. The maximum absolute atomic E-state index is 12.6. The van der Waals surface area contributed by atoms with E-state index < -0.39 is 12.1 Å². The van der Waals surface area contributed by atoms with E-state index in [0.29, 0.717) is 17.8 Å². The van der Waals surface area contributed by atoms with Gasteiger partial charge in [-0.15, -0.1) is 0 Å². The molecule has 7 nitrogen and oxygen atoms in total. The van der Waals surface area contributed by atoms with Crippen LogP contribution in [0.25, 0.3) is 0 Å². The van der Waals surface area contributed by atoms with Crippen molar-refractivity contribution in [2.24, 2.45) is 0 Å².